The number of halogens is 1. The number of hydrogen-bond acceptors (Lipinski definition) is 2. The summed E-state index contributed by atoms with van der Waals surface area (Å²) >= 11 is 6.08. The van der Waals surface area contributed by atoms with E-state index >= 15 is 0 Å². The second-order valence-corrected chi connectivity index (χ2v) is 6.47. The number of nitrogens with zero attached hydrogens (tertiary/aromatic N) is 2. The lowest BCUT2D eigenvalue weighted by molar-refractivity contribution is -0.112. The van der Waals surface area contributed by atoms with Crippen LogP contribution in [0.2, 0.25) is 5.02 Å². The molecule has 1 aromatic heterocycles. The van der Waals surface area contributed by atoms with Gasteiger partial charge < -0.3 is 9.88 Å². The molecule has 5 heteroatoms. The highest BCUT2D eigenvalue weighted by Gasteiger charge is 2.13. The molecule has 0 unspecified atom stereocenters. The number of aromatic nitrogens is 1. The third-order valence-electron chi connectivity index (χ3n) is 4.15. The third kappa shape index (κ3) is 4.32. The second-order valence-electron chi connectivity index (χ2n) is 6.07. The van der Waals surface area contributed by atoms with Gasteiger partial charge in [-0.15, -0.1) is 0 Å². The molecule has 4 nitrogen and oxygen atoms in total. The Kier molecular flexibility index (Phi) is 6.06. The maximum absolute atomic E-state index is 12.4. The van der Waals surface area contributed by atoms with E-state index in [1.165, 1.54) is 0 Å². The zero-order chi connectivity index (χ0) is 18.6. The molecule has 1 amide bonds. The van der Waals surface area contributed by atoms with E-state index in [1.54, 1.807) is 18.2 Å². The van der Waals surface area contributed by atoms with Crippen LogP contribution in [0, 0.1) is 32.1 Å². The van der Waals surface area contributed by atoms with Gasteiger partial charge >= 0.3 is 0 Å². The first-order valence-corrected chi connectivity index (χ1v) is 8.61. The van der Waals surface area contributed by atoms with Crippen LogP contribution in [0.3, 0.4) is 0 Å². The minimum absolute atomic E-state index is 0.0634. The maximum atomic E-state index is 12.4. The summed E-state index contributed by atoms with van der Waals surface area (Å²) in [7, 11) is 0. The van der Waals surface area contributed by atoms with Gasteiger partial charge in [0.05, 0.1) is 0 Å². The van der Waals surface area contributed by atoms with Crippen molar-refractivity contribution in [3.63, 3.8) is 0 Å². The highest BCUT2D eigenvalue weighted by molar-refractivity contribution is 6.31. The molecule has 0 spiro atoms. The van der Waals surface area contributed by atoms with E-state index in [1.807, 2.05) is 39.0 Å². The average Bonchev–Trinajstić information content (AvgIpc) is 2.83. The number of carbonyl (C=O) groups is 1. The van der Waals surface area contributed by atoms with E-state index in [2.05, 4.69) is 16.8 Å². The van der Waals surface area contributed by atoms with E-state index < -0.39 is 5.91 Å². The van der Waals surface area contributed by atoms with Crippen molar-refractivity contribution in [2.45, 2.75) is 40.7 Å². The molecule has 0 radical (unpaired) electrons. The molecule has 130 valence electrons. The van der Waals surface area contributed by atoms with Crippen LogP contribution in [-0.2, 0) is 11.3 Å². The van der Waals surface area contributed by atoms with Gasteiger partial charge in [-0.3, -0.25) is 4.79 Å². The molecule has 0 aliphatic rings. The van der Waals surface area contributed by atoms with Gasteiger partial charge in [0.25, 0.3) is 5.91 Å². The molecule has 2 aromatic rings. The molecule has 2 rings (SSSR count). The molecule has 1 aromatic carbocycles. The molecule has 0 aliphatic carbocycles. The highest BCUT2D eigenvalue weighted by Crippen LogP contribution is 2.22. The number of carbonyl (C=O) groups excluding carboxylic acids is 1. The number of rotatable bonds is 5. The molecular weight excluding hydrogens is 334 g/mol. The molecule has 25 heavy (non-hydrogen) atoms. The van der Waals surface area contributed by atoms with Crippen LogP contribution >= 0.6 is 11.6 Å². The molecule has 1 heterocycles. The Morgan fingerprint density at radius 2 is 2.04 bits per heavy atom. The zero-order valence-corrected chi connectivity index (χ0v) is 15.7. The summed E-state index contributed by atoms with van der Waals surface area (Å²) < 4.78 is 2.19. The van der Waals surface area contributed by atoms with Gasteiger partial charge in [-0.1, -0.05) is 24.6 Å². The predicted octanol–water partition coefficient (Wildman–Crippen LogP) is 5.02. The van der Waals surface area contributed by atoms with E-state index in [0.717, 1.165) is 35.5 Å². The Morgan fingerprint density at radius 3 is 2.64 bits per heavy atom. The van der Waals surface area contributed by atoms with Crippen molar-refractivity contribution in [1.82, 2.24) is 4.57 Å². The SMILES string of the molecule is CCCn1c(C)cc(/C=C(\C#N)C(=O)Nc2ccc(C)c(Cl)c2)c1C. The third-order valence-corrected chi connectivity index (χ3v) is 4.56. The van der Waals surface area contributed by atoms with Gasteiger partial charge in [0.15, 0.2) is 0 Å². The Morgan fingerprint density at radius 1 is 1.32 bits per heavy atom. The number of benzene rings is 1. The van der Waals surface area contributed by atoms with Crippen molar-refractivity contribution >= 4 is 29.3 Å². The van der Waals surface area contributed by atoms with Gasteiger partial charge in [0.2, 0.25) is 0 Å². The number of anilines is 1. The fourth-order valence-corrected chi connectivity index (χ4v) is 2.90. The first-order chi connectivity index (χ1) is 11.9. The van der Waals surface area contributed by atoms with Crippen LogP contribution in [0.5, 0.6) is 0 Å². The van der Waals surface area contributed by atoms with Crippen LogP contribution in [0.25, 0.3) is 6.08 Å². The van der Waals surface area contributed by atoms with Crippen molar-refractivity contribution < 1.29 is 4.79 Å². The minimum atomic E-state index is -0.442. The monoisotopic (exact) mass is 355 g/mol. The number of hydrogen-bond donors (Lipinski definition) is 1. The summed E-state index contributed by atoms with van der Waals surface area (Å²) in [5.74, 6) is -0.442. The molecule has 0 aliphatic heterocycles. The van der Waals surface area contributed by atoms with Crippen LogP contribution in [0.15, 0.2) is 29.8 Å². The molecular formula is C20H22ClN3O. The molecule has 0 saturated heterocycles. The lowest BCUT2D eigenvalue weighted by atomic mass is 10.1. The van der Waals surface area contributed by atoms with Gasteiger partial charge in [0, 0.05) is 28.6 Å². The van der Waals surface area contributed by atoms with Crippen molar-refractivity contribution in [2.24, 2.45) is 0 Å². The van der Waals surface area contributed by atoms with Crippen LogP contribution in [0.4, 0.5) is 5.69 Å². The van der Waals surface area contributed by atoms with Gasteiger partial charge in [-0.25, -0.2) is 0 Å². The summed E-state index contributed by atoms with van der Waals surface area (Å²) in [5, 5.41) is 12.7. The Bertz CT molecular complexity index is 872. The second kappa shape index (κ2) is 8.04. The van der Waals surface area contributed by atoms with Crippen molar-refractivity contribution in [3.8, 4) is 6.07 Å². The molecule has 0 fully saturated rings. The highest BCUT2D eigenvalue weighted by atomic mass is 35.5. The quantitative estimate of drug-likeness (QED) is 0.604. The fourth-order valence-electron chi connectivity index (χ4n) is 2.71. The van der Waals surface area contributed by atoms with Crippen LogP contribution < -0.4 is 5.32 Å². The number of amides is 1. The number of nitriles is 1. The van der Waals surface area contributed by atoms with E-state index in [4.69, 9.17) is 11.6 Å². The molecule has 0 bridgehead atoms. The largest absolute Gasteiger partial charge is 0.349 e. The van der Waals surface area contributed by atoms with Crippen molar-refractivity contribution in [2.75, 3.05) is 5.32 Å². The Labute approximate surface area is 153 Å². The van der Waals surface area contributed by atoms with Gasteiger partial charge in [-0.2, -0.15) is 5.26 Å². The number of nitrogens with one attached hydrogen (secondary N) is 1. The average molecular weight is 356 g/mol. The summed E-state index contributed by atoms with van der Waals surface area (Å²) in [6.45, 7) is 8.96. The van der Waals surface area contributed by atoms with E-state index in [9.17, 15) is 10.1 Å². The first-order valence-electron chi connectivity index (χ1n) is 8.23. The molecule has 0 saturated carbocycles. The minimum Gasteiger partial charge on any atom is -0.349 e. The lowest BCUT2D eigenvalue weighted by Gasteiger charge is -2.07. The first kappa shape index (κ1) is 18.8. The smallest absolute Gasteiger partial charge is 0.266 e. The molecule has 0 atom stereocenters. The van der Waals surface area contributed by atoms with Gasteiger partial charge in [0.1, 0.15) is 11.6 Å². The predicted molar refractivity (Wildman–Crippen MR) is 103 cm³/mol. The van der Waals surface area contributed by atoms with E-state index in [-0.39, 0.29) is 5.57 Å². The topological polar surface area (TPSA) is 57.8 Å². The zero-order valence-electron chi connectivity index (χ0n) is 15.0. The molecule has 1 N–H and O–H groups in total. The Hall–Kier alpha value is -2.51. The summed E-state index contributed by atoms with van der Waals surface area (Å²) in [6.07, 6.45) is 2.67. The maximum Gasteiger partial charge on any atom is 0.266 e. The lowest BCUT2D eigenvalue weighted by Crippen LogP contribution is -2.13. The number of aryl methyl sites for hydroxylation is 2. The summed E-state index contributed by atoms with van der Waals surface area (Å²) in [5.41, 5.74) is 4.62. The Balaban J connectivity index is 2.28. The van der Waals surface area contributed by atoms with Gasteiger partial charge in [-0.05, 0) is 62.6 Å². The fraction of sp³-hybridized carbons (Fsp3) is 0.300. The standard InChI is InChI=1S/C20H22ClN3O/c1-5-8-24-14(3)9-16(15(24)4)10-17(12-22)20(25)23-18-7-6-13(2)19(21)11-18/h6-7,9-11H,5,8H2,1-4H3,(H,23,25)/b17-10+. The summed E-state index contributed by atoms with van der Waals surface area (Å²) in [6, 6.07) is 9.26. The van der Waals surface area contributed by atoms with E-state index in [0.29, 0.717) is 10.7 Å². The normalized spacial score (nSPS) is 11.3. The van der Waals surface area contributed by atoms with Crippen molar-refractivity contribution in [3.05, 3.63) is 57.4 Å². The van der Waals surface area contributed by atoms with Crippen LogP contribution in [-0.4, -0.2) is 10.5 Å². The van der Waals surface area contributed by atoms with Crippen LogP contribution in [0.1, 0.15) is 35.9 Å². The van der Waals surface area contributed by atoms with Crippen molar-refractivity contribution in [1.29, 1.82) is 5.26 Å². The summed E-state index contributed by atoms with van der Waals surface area (Å²) in [4.78, 5) is 12.4.